The average molecular weight is 338 g/mol. The summed E-state index contributed by atoms with van der Waals surface area (Å²) in [7, 11) is -2.53. The second kappa shape index (κ2) is 7.71. The van der Waals surface area contributed by atoms with E-state index in [2.05, 4.69) is 4.72 Å². The number of ether oxygens (including phenoxy) is 1. The number of methoxy groups -OCH3 is 1. The molecule has 1 atom stereocenters. The maximum atomic E-state index is 12.2. The van der Waals surface area contributed by atoms with Crippen molar-refractivity contribution in [3.05, 3.63) is 28.8 Å². The van der Waals surface area contributed by atoms with Gasteiger partial charge in [0, 0.05) is 19.8 Å². The van der Waals surface area contributed by atoms with Crippen molar-refractivity contribution >= 4 is 27.6 Å². The van der Waals surface area contributed by atoms with Gasteiger partial charge in [-0.2, -0.15) is 0 Å². The van der Waals surface area contributed by atoms with Crippen molar-refractivity contribution in [3.63, 3.8) is 0 Å². The molecular weight excluding hydrogens is 322 g/mol. The Labute approximate surface area is 127 Å². The third-order valence-electron chi connectivity index (χ3n) is 2.65. The molecule has 0 aliphatic carbocycles. The van der Waals surface area contributed by atoms with Crippen LogP contribution in [0.25, 0.3) is 0 Å². The number of carbonyl (C=O) groups is 1. The summed E-state index contributed by atoms with van der Waals surface area (Å²) in [6.07, 6.45) is 0.173. The highest BCUT2D eigenvalue weighted by atomic mass is 35.5. The molecule has 0 saturated carbocycles. The van der Waals surface area contributed by atoms with Crippen LogP contribution >= 0.6 is 11.6 Å². The van der Waals surface area contributed by atoms with Gasteiger partial charge in [0.2, 0.25) is 10.0 Å². The summed E-state index contributed by atoms with van der Waals surface area (Å²) in [6.45, 7) is -0.128. The predicted molar refractivity (Wildman–Crippen MR) is 76.1 cm³/mol. The van der Waals surface area contributed by atoms with Gasteiger partial charge in [-0.25, -0.2) is 17.9 Å². The Bertz CT molecular complexity index is 598. The fraction of sp³-hybridized carbons (Fsp3) is 0.417. The first-order valence-corrected chi connectivity index (χ1v) is 7.83. The summed E-state index contributed by atoms with van der Waals surface area (Å²) in [5.41, 5.74) is -0.301. The van der Waals surface area contributed by atoms with Gasteiger partial charge in [-0.3, -0.25) is 0 Å². The molecule has 0 aliphatic rings. The molecule has 3 N–H and O–H groups in total. The van der Waals surface area contributed by atoms with E-state index in [1.165, 1.54) is 19.2 Å². The van der Waals surface area contributed by atoms with Gasteiger partial charge in [0.15, 0.2) is 0 Å². The van der Waals surface area contributed by atoms with Gasteiger partial charge in [-0.15, -0.1) is 0 Å². The van der Waals surface area contributed by atoms with E-state index in [-0.39, 0.29) is 35.1 Å². The lowest BCUT2D eigenvalue weighted by molar-refractivity contribution is 0.0697. The summed E-state index contributed by atoms with van der Waals surface area (Å²) >= 11 is 5.70. The Hall–Kier alpha value is -1.19. The average Bonchev–Trinajstić information content (AvgIpc) is 2.38. The topological polar surface area (TPSA) is 113 Å². The monoisotopic (exact) mass is 337 g/mol. The van der Waals surface area contributed by atoms with Crippen LogP contribution in [0.5, 0.6) is 0 Å². The molecule has 1 unspecified atom stereocenters. The number of aliphatic hydroxyl groups excluding tert-OH is 1. The Morgan fingerprint density at radius 1 is 1.48 bits per heavy atom. The SMILES string of the molecule is COCC(CCO)NS(=O)(=O)c1ccc(Cl)c(C(=O)O)c1. The molecule has 0 spiro atoms. The van der Waals surface area contributed by atoms with Crippen molar-refractivity contribution in [3.8, 4) is 0 Å². The standard InChI is InChI=1S/C12H16ClNO6S/c1-20-7-8(4-5-15)14-21(18,19)9-2-3-11(13)10(6-9)12(16)17/h2-3,6,8,14-15H,4-5,7H2,1H3,(H,16,17). The van der Waals surface area contributed by atoms with Crippen LogP contribution in [0.15, 0.2) is 23.1 Å². The summed E-state index contributed by atoms with van der Waals surface area (Å²) in [5, 5.41) is 17.8. The molecule has 0 aliphatic heterocycles. The minimum atomic E-state index is -3.94. The summed E-state index contributed by atoms with van der Waals surface area (Å²) in [6, 6.07) is 2.78. The smallest absolute Gasteiger partial charge is 0.337 e. The molecule has 0 fully saturated rings. The fourth-order valence-corrected chi connectivity index (χ4v) is 3.14. The van der Waals surface area contributed by atoms with Crippen molar-refractivity contribution in [2.45, 2.75) is 17.4 Å². The van der Waals surface area contributed by atoms with Crippen molar-refractivity contribution in [2.75, 3.05) is 20.3 Å². The normalized spacial score (nSPS) is 13.1. The van der Waals surface area contributed by atoms with E-state index in [0.29, 0.717) is 0 Å². The molecule has 0 radical (unpaired) electrons. The zero-order valence-corrected chi connectivity index (χ0v) is 12.8. The second-order valence-electron chi connectivity index (χ2n) is 4.23. The third kappa shape index (κ3) is 4.94. The summed E-state index contributed by atoms with van der Waals surface area (Å²) in [5.74, 6) is -1.32. The molecule has 1 rings (SSSR count). The second-order valence-corrected chi connectivity index (χ2v) is 6.35. The van der Waals surface area contributed by atoms with Crippen LogP contribution < -0.4 is 4.72 Å². The van der Waals surface area contributed by atoms with Crippen molar-refractivity contribution in [2.24, 2.45) is 0 Å². The zero-order chi connectivity index (χ0) is 16.0. The quantitative estimate of drug-likeness (QED) is 0.644. The van der Waals surface area contributed by atoms with E-state index < -0.39 is 22.0 Å². The number of carboxylic acid groups (broad SMARTS) is 1. The van der Waals surface area contributed by atoms with Gasteiger partial charge in [-0.05, 0) is 24.6 Å². The van der Waals surface area contributed by atoms with E-state index in [9.17, 15) is 13.2 Å². The van der Waals surface area contributed by atoms with Crippen LogP contribution in [0.4, 0.5) is 0 Å². The number of carboxylic acids is 1. The zero-order valence-electron chi connectivity index (χ0n) is 11.2. The molecule has 1 aromatic carbocycles. The Morgan fingerprint density at radius 2 is 2.14 bits per heavy atom. The summed E-state index contributed by atoms with van der Waals surface area (Å²) in [4.78, 5) is 10.8. The molecule has 0 amide bonds. The number of hydrogen-bond donors (Lipinski definition) is 3. The minimum Gasteiger partial charge on any atom is -0.478 e. The van der Waals surface area contributed by atoms with Gasteiger partial charge >= 0.3 is 5.97 Å². The molecule has 1 aromatic rings. The van der Waals surface area contributed by atoms with E-state index >= 15 is 0 Å². The van der Waals surface area contributed by atoms with Crippen LogP contribution in [0, 0.1) is 0 Å². The van der Waals surface area contributed by atoms with Crippen LogP contribution in [-0.2, 0) is 14.8 Å². The molecule has 7 nitrogen and oxygen atoms in total. The number of rotatable bonds is 8. The van der Waals surface area contributed by atoms with Crippen LogP contribution in [0.3, 0.4) is 0 Å². The Balaban J connectivity index is 3.07. The van der Waals surface area contributed by atoms with Crippen molar-refractivity contribution in [1.29, 1.82) is 0 Å². The lowest BCUT2D eigenvalue weighted by atomic mass is 10.2. The molecule has 0 saturated heterocycles. The van der Waals surface area contributed by atoms with E-state index in [1.54, 1.807) is 0 Å². The van der Waals surface area contributed by atoms with Crippen LogP contribution in [0.2, 0.25) is 5.02 Å². The number of sulfonamides is 1. The van der Waals surface area contributed by atoms with Crippen LogP contribution in [-0.4, -0.2) is 51.0 Å². The highest BCUT2D eigenvalue weighted by molar-refractivity contribution is 7.89. The maximum absolute atomic E-state index is 12.2. The lowest BCUT2D eigenvalue weighted by Crippen LogP contribution is -2.38. The first-order chi connectivity index (χ1) is 9.81. The number of hydrogen-bond acceptors (Lipinski definition) is 5. The van der Waals surface area contributed by atoms with E-state index in [1.807, 2.05) is 0 Å². The molecule has 0 bridgehead atoms. The summed E-state index contributed by atoms with van der Waals surface area (Å²) < 4.78 is 31.6. The first-order valence-electron chi connectivity index (χ1n) is 5.96. The Morgan fingerprint density at radius 3 is 2.67 bits per heavy atom. The van der Waals surface area contributed by atoms with Crippen LogP contribution in [0.1, 0.15) is 16.8 Å². The molecule has 9 heteroatoms. The van der Waals surface area contributed by atoms with Crippen molar-refractivity contribution in [1.82, 2.24) is 4.72 Å². The first kappa shape index (κ1) is 17.9. The van der Waals surface area contributed by atoms with Gasteiger partial charge in [-0.1, -0.05) is 11.6 Å². The predicted octanol–water partition coefficient (Wildman–Crippen LogP) is 0.714. The van der Waals surface area contributed by atoms with E-state index in [0.717, 1.165) is 6.07 Å². The van der Waals surface area contributed by atoms with E-state index in [4.69, 9.17) is 26.6 Å². The lowest BCUT2D eigenvalue weighted by Gasteiger charge is -2.17. The molecule has 21 heavy (non-hydrogen) atoms. The number of halogens is 1. The fourth-order valence-electron chi connectivity index (χ4n) is 1.66. The van der Waals surface area contributed by atoms with Gasteiger partial charge in [0.25, 0.3) is 0 Å². The van der Waals surface area contributed by atoms with Gasteiger partial charge < -0.3 is 14.9 Å². The van der Waals surface area contributed by atoms with Gasteiger partial charge in [0.05, 0.1) is 22.1 Å². The Kier molecular flexibility index (Phi) is 6.56. The molecule has 118 valence electrons. The van der Waals surface area contributed by atoms with Crippen molar-refractivity contribution < 1.29 is 28.2 Å². The van der Waals surface area contributed by atoms with Gasteiger partial charge in [0.1, 0.15) is 0 Å². The molecular formula is C12H16ClNO6S. The minimum absolute atomic E-state index is 0.0507. The highest BCUT2D eigenvalue weighted by Crippen LogP contribution is 2.20. The number of aliphatic hydroxyl groups is 1. The third-order valence-corrected chi connectivity index (χ3v) is 4.49. The molecule has 0 heterocycles. The number of nitrogens with one attached hydrogen (secondary N) is 1. The number of aromatic carboxylic acids is 1. The highest BCUT2D eigenvalue weighted by Gasteiger charge is 2.22. The molecule has 0 aromatic heterocycles. The maximum Gasteiger partial charge on any atom is 0.337 e. The largest absolute Gasteiger partial charge is 0.478 e. The number of benzene rings is 1.